The highest BCUT2D eigenvalue weighted by atomic mass is 15.2. The van der Waals surface area contributed by atoms with E-state index in [1.165, 1.54) is 45.1 Å². The Hall–Kier alpha value is -0.0800. The highest BCUT2D eigenvalue weighted by Gasteiger charge is 2.41. The zero-order chi connectivity index (χ0) is 8.84. The van der Waals surface area contributed by atoms with E-state index in [2.05, 4.69) is 4.90 Å². The van der Waals surface area contributed by atoms with Gasteiger partial charge in [-0.3, -0.25) is 4.90 Å². The lowest BCUT2D eigenvalue weighted by molar-refractivity contribution is 0.147. The van der Waals surface area contributed by atoms with E-state index in [1.54, 1.807) is 0 Å². The van der Waals surface area contributed by atoms with Gasteiger partial charge in [0.05, 0.1) is 0 Å². The second-order valence-corrected chi connectivity index (χ2v) is 5.26. The van der Waals surface area contributed by atoms with E-state index in [-0.39, 0.29) is 0 Å². The van der Waals surface area contributed by atoms with Crippen molar-refractivity contribution in [2.45, 2.75) is 56.7 Å². The van der Waals surface area contributed by atoms with Gasteiger partial charge in [0.2, 0.25) is 0 Å². The maximum atomic E-state index is 5.81. The Balaban J connectivity index is 1.55. The first kappa shape index (κ1) is 8.25. The van der Waals surface area contributed by atoms with Crippen molar-refractivity contribution in [3.05, 3.63) is 0 Å². The largest absolute Gasteiger partial charge is 0.328 e. The van der Waals surface area contributed by atoms with Crippen molar-refractivity contribution in [1.82, 2.24) is 4.90 Å². The predicted molar refractivity (Wildman–Crippen MR) is 53.4 cm³/mol. The highest BCUT2D eigenvalue weighted by Crippen LogP contribution is 2.39. The molecule has 0 amide bonds. The molecule has 0 atom stereocenters. The minimum atomic E-state index is 0.533. The van der Waals surface area contributed by atoms with E-state index < -0.39 is 0 Å². The van der Waals surface area contributed by atoms with Crippen LogP contribution in [0.4, 0.5) is 0 Å². The standard InChI is InChI=1S/C11H20N2/c12-9-5-8(6-9)7-13-10-1-2-11(13)4-3-10/h8-11H,1-7,12H2. The number of nitrogens with zero attached hydrogens (tertiary/aromatic N) is 1. The summed E-state index contributed by atoms with van der Waals surface area (Å²) in [6, 6.07) is 2.45. The fraction of sp³-hybridized carbons (Fsp3) is 1.00. The van der Waals surface area contributed by atoms with Gasteiger partial charge in [0.1, 0.15) is 0 Å². The first-order chi connectivity index (χ1) is 6.33. The molecule has 2 bridgehead atoms. The van der Waals surface area contributed by atoms with Crippen LogP contribution in [0.1, 0.15) is 38.5 Å². The van der Waals surface area contributed by atoms with E-state index in [0.717, 1.165) is 18.0 Å². The molecular formula is C11H20N2. The second kappa shape index (κ2) is 2.96. The van der Waals surface area contributed by atoms with E-state index in [4.69, 9.17) is 5.73 Å². The molecule has 3 fully saturated rings. The van der Waals surface area contributed by atoms with Gasteiger partial charge in [-0.25, -0.2) is 0 Å². The van der Waals surface area contributed by atoms with Crippen molar-refractivity contribution in [3.8, 4) is 0 Å². The van der Waals surface area contributed by atoms with Crippen LogP contribution in [-0.4, -0.2) is 29.6 Å². The third-order valence-electron chi connectivity index (χ3n) is 4.35. The van der Waals surface area contributed by atoms with Crippen LogP contribution in [0.2, 0.25) is 0 Å². The van der Waals surface area contributed by atoms with Crippen LogP contribution in [0.3, 0.4) is 0 Å². The molecule has 0 spiro atoms. The molecule has 0 aromatic carbocycles. The van der Waals surface area contributed by atoms with E-state index in [0.29, 0.717) is 6.04 Å². The van der Waals surface area contributed by atoms with E-state index in [9.17, 15) is 0 Å². The van der Waals surface area contributed by atoms with Crippen LogP contribution in [-0.2, 0) is 0 Å². The van der Waals surface area contributed by atoms with Gasteiger partial charge in [-0.15, -0.1) is 0 Å². The Morgan fingerprint density at radius 2 is 1.54 bits per heavy atom. The minimum Gasteiger partial charge on any atom is -0.328 e. The molecule has 74 valence electrons. The van der Waals surface area contributed by atoms with Crippen LogP contribution in [0, 0.1) is 5.92 Å². The first-order valence-electron chi connectivity index (χ1n) is 5.84. The fourth-order valence-electron chi connectivity index (χ4n) is 3.55. The molecule has 1 saturated carbocycles. The summed E-state index contributed by atoms with van der Waals surface area (Å²) >= 11 is 0. The van der Waals surface area contributed by atoms with Gasteiger partial charge < -0.3 is 5.73 Å². The highest BCUT2D eigenvalue weighted by molar-refractivity contribution is 4.97. The van der Waals surface area contributed by atoms with Crippen molar-refractivity contribution in [1.29, 1.82) is 0 Å². The summed E-state index contributed by atoms with van der Waals surface area (Å²) in [6.45, 7) is 1.36. The number of nitrogens with two attached hydrogens (primary N) is 1. The van der Waals surface area contributed by atoms with Crippen LogP contribution in [0.15, 0.2) is 0 Å². The van der Waals surface area contributed by atoms with Crippen LogP contribution in [0.25, 0.3) is 0 Å². The molecule has 0 unspecified atom stereocenters. The Morgan fingerprint density at radius 3 is 2.00 bits per heavy atom. The minimum absolute atomic E-state index is 0.533. The van der Waals surface area contributed by atoms with Gasteiger partial charge in [0, 0.05) is 24.7 Å². The molecule has 2 heterocycles. The van der Waals surface area contributed by atoms with Crippen LogP contribution >= 0.6 is 0 Å². The molecule has 3 rings (SSSR count). The Labute approximate surface area is 80.5 Å². The van der Waals surface area contributed by atoms with Crippen molar-refractivity contribution in [2.75, 3.05) is 6.54 Å². The van der Waals surface area contributed by atoms with Crippen molar-refractivity contribution >= 4 is 0 Å². The van der Waals surface area contributed by atoms with Crippen LogP contribution in [0.5, 0.6) is 0 Å². The summed E-state index contributed by atoms with van der Waals surface area (Å²) in [6.07, 6.45) is 8.48. The summed E-state index contributed by atoms with van der Waals surface area (Å²) in [5.74, 6) is 0.941. The van der Waals surface area contributed by atoms with Gasteiger partial charge >= 0.3 is 0 Å². The maximum Gasteiger partial charge on any atom is 0.00994 e. The van der Waals surface area contributed by atoms with Crippen molar-refractivity contribution < 1.29 is 0 Å². The van der Waals surface area contributed by atoms with Gasteiger partial charge in [0.15, 0.2) is 0 Å². The second-order valence-electron chi connectivity index (χ2n) is 5.26. The normalized spacial score (nSPS) is 49.6. The third kappa shape index (κ3) is 1.31. The topological polar surface area (TPSA) is 29.3 Å². The number of fused-ring (bicyclic) bond motifs is 2. The lowest BCUT2D eigenvalue weighted by atomic mass is 9.80. The van der Waals surface area contributed by atoms with Gasteiger partial charge in [-0.05, 0) is 44.4 Å². The zero-order valence-corrected chi connectivity index (χ0v) is 8.28. The number of hydrogen-bond acceptors (Lipinski definition) is 2. The van der Waals surface area contributed by atoms with Gasteiger partial charge in [-0.2, -0.15) is 0 Å². The molecule has 2 nitrogen and oxygen atoms in total. The lowest BCUT2D eigenvalue weighted by Crippen LogP contribution is -2.44. The van der Waals surface area contributed by atoms with Crippen molar-refractivity contribution in [3.63, 3.8) is 0 Å². The predicted octanol–water partition coefficient (Wildman–Crippen LogP) is 1.35. The molecule has 2 N–H and O–H groups in total. The average Bonchev–Trinajstić information content (AvgIpc) is 2.62. The summed E-state index contributed by atoms with van der Waals surface area (Å²) in [5, 5.41) is 0. The third-order valence-corrected chi connectivity index (χ3v) is 4.35. The van der Waals surface area contributed by atoms with Gasteiger partial charge in [-0.1, -0.05) is 0 Å². The molecular weight excluding hydrogens is 160 g/mol. The summed E-state index contributed by atoms with van der Waals surface area (Å²) in [7, 11) is 0. The summed E-state index contributed by atoms with van der Waals surface area (Å²) in [4.78, 5) is 2.79. The van der Waals surface area contributed by atoms with Crippen LogP contribution < -0.4 is 5.73 Å². The average molecular weight is 180 g/mol. The molecule has 0 radical (unpaired) electrons. The Kier molecular flexibility index (Phi) is 1.88. The smallest absolute Gasteiger partial charge is 0.00994 e. The first-order valence-corrected chi connectivity index (χ1v) is 5.84. The molecule has 2 saturated heterocycles. The molecule has 0 aromatic rings. The molecule has 3 aliphatic rings. The number of hydrogen-bond donors (Lipinski definition) is 1. The fourth-order valence-corrected chi connectivity index (χ4v) is 3.55. The molecule has 1 aliphatic carbocycles. The molecule has 2 aliphatic heterocycles. The SMILES string of the molecule is NC1CC(CN2C3CCC2CC3)C1. The Morgan fingerprint density at radius 1 is 1.00 bits per heavy atom. The van der Waals surface area contributed by atoms with Crippen molar-refractivity contribution in [2.24, 2.45) is 11.7 Å². The molecule has 13 heavy (non-hydrogen) atoms. The monoisotopic (exact) mass is 180 g/mol. The number of rotatable bonds is 2. The van der Waals surface area contributed by atoms with Gasteiger partial charge in [0.25, 0.3) is 0 Å². The zero-order valence-electron chi connectivity index (χ0n) is 8.28. The quantitative estimate of drug-likeness (QED) is 0.695. The maximum absolute atomic E-state index is 5.81. The van der Waals surface area contributed by atoms with E-state index >= 15 is 0 Å². The molecule has 2 heteroatoms. The van der Waals surface area contributed by atoms with E-state index in [1.807, 2.05) is 0 Å². The summed E-state index contributed by atoms with van der Waals surface area (Å²) < 4.78 is 0. The lowest BCUT2D eigenvalue weighted by Gasteiger charge is -2.37. The Bertz CT molecular complexity index is 178. The molecule has 0 aromatic heterocycles. The summed E-state index contributed by atoms with van der Waals surface area (Å²) in [5.41, 5.74) is 5.81.